The van der Waals surface area contributed by atoms with Crippen molar-refractivity contribution in [1.82, 2.24) is 0 Å². The monoisotopic (exact) mass is 592 g/mol. The van der Waals surface area contributed by atoms with Gasteiger partial charge < -0.3 is 14.8 Å². The predicted octanol–water partition coefficient (Wildman–Crippen LogP) is 7.12. The van der Waals surface area contributed by atoms with Crippen molar-refractivity contribution in [2.24, 2.45) is 0 Å². The summed E-state index contributed by atoms with van der Waals surface area (Å²) in [6.07, 6.45) is 1.49. The van der Waals surface area contributed by atoms with E-state index in [1.54, 1.807) is 18.2 Å². The molecular formula is C25H19Cl2IN2O3. The Morgan fingerprint density at radius 3 is 2.58 bits per heavy atom. The Bertz CT molecular complexity index is 1220. The molecule has 1 amide bonds. The maximum absolute atomic E-state index is 12.7. The van der Waals surface area contributed by atoms with Crippen LogP contribution in [-0.4, -0.2) is 12.5 Å². The molecular weight excluding hydrogens is 574 g/mol. The van der Waals surface area contributed by atoms with Crippen LogP contribution in [0, 0.1) is 14.9 Å². The number of nitriles is 1. The second kappa shape index (κ2) is 11.9. The minimum atomic E-state index is -0.598. The van der Waals surface area contributed by atoms with Gasteiger partial charge >= 0.3 is 0 Å². The summed E-state index contributed by atoms with van der Waals surface area (Å²) in [4.78, 5) is 12.7. The molecule has 5 nitrogen and oxygen atoms in total. The van der Waals surface area contributed by atoms with Gasteiger partial charge in [0.2, 0.25) is 0 Å². The van der Waals surface area contributed by atoms with Crippen LogP contribution >= 0.6 is 45.8 Å². The third kappa shape index (κ3) is 6.87. The van der Waals surface area contributed by atoms with Crippen LogP contribution in [0.3, 0.4) is 0 Å². The average molecular weight is 593 g/mol. The lowest BCUT2D eigenvalue weighted by molar-refractivity contribution is -0.112. The summed E-state index contributed by atoms with van der Waals surface area (Å²) in [6, 6.07) is 20.0. The first kappa shape index (κ1) is 24.9. The fourth-order valence-corrected chi connectivity index (χ4v) is 4.02. The van der Waals surface area contributed by atoms with Crippen LogP contribution in [0.25, 0.3) is 6.08 Å². The van der Waals surface area contributed by atoms with Gasteiger partial charge in [-0.05, 0) is 77.0 Å². The number of amides is 1. The van der Waals surface area contributed by atoms with Crippen LogP contribution in [-0.2, 0) is 11.4 Å². The molecule has 0 radical (unpaired) electrons. The number of anilines is 1. The summed E-state index contributed by atoms with van der Waals surface area (Å²) in [5.74, 6) is 0.535. The number of nitrogens with one attached hydrogen (secondary N) is 1. The molecule has 0 atom stereocenters. The third-order valence-corrected chi connectivity index (χ3v) is 5.78. The van der Waals surface area contributed by atoms with Gasteiger partial charge in [0.1, 0.15) is 18.2 Å². The lowest BCUT2D eigenvalue weighted by Crippen LogP contribution is -2.13. The van der Waals surface area contributed by atoms with Crippen molar-refractivity contribution >= 4 is 63.5 Å². The van der Waals surface area contributed by atoms with E-state index in [2.05, 4.69) is 27.9 Å². The molecule has 33 heavy (non-hydrogen) atoms. The molecule has 0 aliphatic rings. The molecule has 0 fully saturated rings. The molecule has 8 heteroatoms. The fourth-order valence-electron chi connectivity index (χ4n) is 2.90. The van der Waals surface area contributed by atoms with Crippen molar-refractivity contribution in [1.29, 1.82) is 5.26 Å². The van der Waals surface area contributed by atoms with E-state index in [1.807, 2.05) is 49.4 Å². The first-order valence-electron chi connectivity index (χ1n) is 9.92. The Hall–Kier alpha value is -2.73. The number of hydrogen-bond acceptors (Lipinski definition) is 4. The number of nitrogens with zero attached hydrogens (tertiary/aromatic N) is 1. The molecule has 0 saturated carbocycles. The highest BCUT2D eigenvalue weighted by atomic mass is 127. The molecule has 0 heterocycles. The maximum Gasteiger partial charge on any atom is 0.266 e. The summed E-state index contributed by atoms with van der Waals surface area (Å²) in [5.41, 5.74) is 1.88. The first-order valence-corrected chi connectivity index (χ1v) is 11.8. The molecule has 0 saturated heterocycles. The fraction of sp³-hybridized carbons (Fsp3) is 0.120. The van der Waals surface area contributed by atoms with Crippen LogP contribution in [0.4, 0.5) is 5.69 Å². The zero-order chi connectivity index (χ0) is 23.8. The van der Waals surface area contributed by atoms with Gasteiger partial charge in [-0.25, -0.2) is 0 Å². The Balaban J connectivity index is 1.86. The van der Waals surface area contributed by atoms with Crippen LogP contribution in [0.15, 0.2) is 66.2 Å². The third-order valence-electron chi connectivity index (χ3n) is 4.41. The zero-order valence-corrected chi connectivity index (χ0v) is 21.2. The van der Waals surface area contributed by atoms with E-state index in [0.717, 1.165) is 9.13 Å². The van der Waals surface area contributed by atoms with Crippen LogP contribution < -0.4 is 14.8 Å². The van der Waals surface area contributed by atoms with Crippen molar-refractivity contribution < 1.29 is 14.3 Å². The highest BCUT2D eigenvalue weighted by molar-refractivity contribution is 14.1. The first-order chi connectivity index (χ1) is 15.9. The number of ether oxygens (including phenoxy) is 2. The smallest absolute Gasteiger partial charge is 0.266 e. The quantitative estimate of drug-likeness (QED) is 0.172. The Kier molecular flexibility index (Phi) is 9.01. The number of carbonyl (C=O) groups is 1. The maximum atomic E-state index is 12.7. The van der Waals surface area contributed by atoms with Crippen molar-refractivity contribution in [2.75, 3.05) is 11.9 Å². The summed E-state index contributed by atoms with van der Waals surface area (Å²) >= 11 is 14.2. The molecule has 168 valence electrons. The second-order valence-corrected chi connectivity index (χ2v) is 8.79. The molecule has 0 spiro atoms. The van der Waals surface area contributed by atoms with E-state index in [0.29, 0.717) is 46.0 Å². The van der Waals surface area contributed by atoms with E-state index in [1.165, 1.54) is 12.1 Å². The number of carbonyl (C=O) groups excluding carboxylic acids is 1. The summed E-state index contributed by atoms with van der Waals surface area (Å²) in [5, 5.41) is 12.9. The van der Waals surface area contributed by atoms with E-state index in [-0.39, 0.29) is 5.57 Å². The highest BCUT2D eigenvalue weighted by Gasteiger charge is 2.15. The van der Waals surface area contributed by atoms with Gasteiger partial charge in [-0.3, -0.25) is 4.79 Å². The van der Waals surface area contributed by atoms with Crippen molar-refractivity contribution in [2.45, 2.75) is 13.5 Å². The lowest BCUT2D eigenvalue weighted by atomic mass is 10.1. The molecule has 0 bridgehead atoms. The van der Waals surface area contributed by atoms with Crippen molar-refractivity contribution in [3.63, 3.8) is 0 Å². The Labute approximate surface area is 216 Å². The molecule has 0 unspecified atom stereocenters. The second-order valence-electron chi connectivity index (χ2n) is 6.79. The van der Waals surface area contributed by atoms with E-state index in [4.69, 9.17) is 32.7 Å². The summed E-state index contributed by atoms with van der Waals surface area (Å²) in [6.45, 7) is 2.70. The average Bonchev–Trinajstić information content (AvgIpc) is 2.80. The van der Waals surface area contributed by atoms with Gasteiger partial charge in [0.25, 0.3) is 5.91 Å². The van der Waals surface area contributed by atoms with E-state index < -0.39 is 5.91 Å². The summed E-state index contributed by atoms with van der Waals surface area (Å²) < 4.78 is 12.6. The van der Waals surface area contributed by atoms with Crippen molar-refractivity contribution in [3.8, 4) is 17.6 Å². The molecule has 3 aromatic carbocycles. The summed E-state index contributed by atoms with van der Waals surface area (Å²) in [7, 11) is 0. The predicted molar refractivity (Wildman–Crippen MR) is 140 cm³/mol. The molecule has 0 aliphatic heterocycles. The number of rotatable bonds is 8. The molecule has 3 aromatic rings. The largest absolute Gasteiger partial charge is 0.490 e. The van der Waals surface area contributed by atoms with Gasteiger partial charge in [0, 0.05) is 5.02 Å². The van der Waals surface area contributed by atoms with Crippen LogP contribution in [0.2, 0.25) is 10.0 Å². The number of halogens is 3. The van der Waals surface area contributed by atoms with Crippen LogP contribution in [0.5, 0.6) is 11.5 Å². The molecule has 0 aromatic heterocycles. The SMILES string of the molecule is CCOc1cc(/C=C(/C#N)C(=O)Nc2cc(Cl)ccc2Cl)cc(I)c1OCc1ccccc1. The van der Waals surface area contributed by atoms with E-state index >= 15 is 0 Å². The molecule has 1 N–H and O–H groups in total. The minimum Gasteiger partial charge on any atom is -0.490 e. The van der Waals surface area contributed by atoms with Crippen molar-refractivity contribution in [3.05, 3.63) is 91.0 Å². The van der Waals surface area contributed by atoms with Gasteiger partial charge in [0.05, 0.1) is 20.9 Å². The van der Waals surface area contributed by atoms with Gasteiger partial charge in [-0.15, -0.1) is 0 Å². The Morgan fingerprint density at radius 1 is 1.12 bits per heavy atom. The number of benzene rings is 3. The van der Waals surface area contributed by atoms with Gasteiger partial charge in [-0.2, -0.15) is 5.26 Å². The van der Waals surface area contributed by atoms with Gasteiger partial charge in [-0.1, -0.05) is 53.5 Å². The topological polar surface area (TPSA) is 71.3 Å². The number of hydrogen-bond donors (Lipinski definition) is 1. The highest BCUT2D eigenvalue weighted by Crippen LogP contribution is 2.35. The zero-order valence-electron chi connectivity index (χ0n) is 17.6. The van der Waals surface area contributed by atoms with Crippen LogP contribution in [0.1, 0.15) is 18.1 Å². The Morgan fingerprint density at radius 2 is 1.88 bits per heavy atom. The molecule has 0 aliphatic carbocycles. The molecule has 3 rings (SSSR count). The minimum absolute atomic E-state index is 0.0951. The normalized spacial score (nSPS) is 10.9. The van der Waals surface area contributed by atoms with E-state index in [9.17, 15) is 10.1 Å². The van der Waals surface area contributed by atoms with Gasteiger partial charge in [0.15, 0.2) is 11.5 Å². The standard InChI is InChI=1S/C25H19Cl2IN2O3/c1-2-32-23-12-17(11-21(28)24(23)33-15-16-6-4-3-5-7-16)10-18(14-29)25(31)30-22-13-19(26)8-9-20(22)27/h3-13H,2,15H2,1H3,(H,30,31)/b18-10-. The lowest BCUT2D eigenvalue weighted by Gasteiger charge is -2.15.